The minimum absolute atomic E-state index is 0.0830. The van der Waals surface area contributed by atoms with Gasteiger partial charge in [-0.25, -0.2) is 4.98 Å². The molecule has 2 aromatic rings. The van der Waals surface area contributed by atoms with E-state index in [2.05, 4.69) is 4.98 Å². The Kier molecular flexibility index (Phi) is 6.65. The zero-order valence-corrected chi connectivity index (χ0v) is 17.1. The lowest BCUT2D eigenvalue weighted by Crippen LogP contribution is -2.50. The normalized spacial score (nSPS) is 14.8. The van der Waals surface area contributed by atoms with Crippen molar-refractivity contribution in [2.24, 2.45) is 0 Å². The fourth-order valence-corrected chi connectivity index (χ4v) is 3.56. The quantitative estimate of drug-likeness (QED) is 0.647. The average molecular weight is 469 g/mol. The molecule has 2 heterocycles. The number of benzene rings is 1. The summed E-state index contributed by atoms with van der Waals surface area (Å²) in [7, 11) is 0. The monoisotopic (exact) mass is 467 g/mol. The number of amides is 1. The van der Waals surface area contributed by atoms with Gasteiger partial charge in [-0.2, -0.15) is 13.2 Å². The smallest absolute Gasteiger partial charge is 0.417 e. The lowest BCUT2D eigenvalue weighted by Gasteiger charge is -2.35. The number of carbonyl (C=O) groups excluding carboxylic acids is 1. The molecule has 0 bridgehead atoms. The highest BCUT2D eigenvalue weighted by atomic mass is 35.5. The Balaban J connectivity index is 1.55. The maximum atomic E-state index is 12.7. The number of anilines is 1. The van der Waals surface area contributed by atoms with Crippen LogP contribution in [0.4, 0.5) is 19.0 Å². The highest BCUT2D eigenvalue weighted by Crippen LogP contribution is 2.33. The molecule has 0 saturated carbocycles. The fraction of sp³-hybridized carbons (Fsp3) is 0.333. The fourth-order valence-electron chi connectivity index (χ4n) is 2.81. The number of ether oxygens (including phenoxy) is 1. The predicted molar refractivity (Wildman–Crippen MR) is 105 cm³/mol. The topological polar surface area (TPSA) is 45.7 Å². The summed E-state index contributed by atoms with van der Waals surface area (Å²) in [6.45, 7) is 1.28. The predicted octanol–water partition coefficient (Wildman–Crippen LogP) is 4.79. The van der Waals surface area contributed by atoms with Crippen molar-refractivity contribution in [2.45, 2.75) is 6.18 Å². The molecule has 1 aromatic carbocycles. The molecule has 0 spiro atoms. The van der Waals surface area contributed by atoms with Crippen molar-refractivity contribution in [3.05, 3.63) is 51.1 Å². The summed E-state index contributed by atoms with van der Waals surface area (Å²) >= 11 is 17.8. The molecule has 1 aromatic heterocycles. The first-order valence-electron chi connectivity index (χ1n) is 8.48. The van der Waals surface area contributed by atoms with Crippen LogP contribution in [-0.4, -0.2) is 48.6 Å². The van der Waals surface area contributed by atoms with Gasteiger partial charge in [0.2, 0.25) is 0 Å². The van der Waals surface area contributed by atoms with Crippen LogP contribution in [0, 0.1) is 0 Å². The van der Waals surface area contributed by atoms with Crippen LogP contribution in [0.25, 0.3) is 0 Å². The van der Waals surface area contributed by atoms with E-state index < -0.39 is 11.7 Å². The second-order valence-corrected chi connectivity index (χ2v) is 7.51. The van der Waals surface area contributed by atoms with Gasteiger partial charge in [0.1, 0.15) is 11.6 Å². The second kappa shape index (κ2) is 8.85. The van der Waals surface area contributed by atoms with Crippen LogP contribution >= 0.6 is 34.8 Å². The molecule has 29 heavy (non-hydrogen) atoms. The van der Waals surface area contributed by atoms with Gasteiger partial charge in [0, 0.05) is 37.4 Å². The lowest BCUT2D eigenvalue weighted by atomic mass is 10.2. The number of pyridine rings is 1. The van der Waals surface area contributed by atoms with E-state index in [0.717, 1.165) is 12.3 Å². The molecule has 5 nitrogen and oxygen atoms in total. The number of halogens is 6. The van der Waals surface area contributed by atoms with Gasteiger partial charge in [-0.05, 0) is 24.3 Å². The Morgan fingerprint density at radius 3 is 2.34 bits per heavy atom. The maximum absolute atomic E-state index is 12.7. The van der Waals surface area contributed by atoms with E-state index in [4.69, 9.17) is 39.5 Å². The first-order valence-corrected chi connectivity index (χ1v) is 9.62. The van der Waals surface area contributed by atoms with E-state index in [9.17, 15) is 18.0 Å². The van der Waals surface area contributed by atoms with Gasteiger partial charge in [0.15, 0.2) is 6.61 Å². The van der Waals surface area contributed by atoms with Crippen LogP contribution in [-0.2, 0) is 11.0 Å². The summed E-state index contributed by atoms with van der Waals surface area (Å²) in [5, 5.41) is 0.679. The third kappa shape index (κ3) is 5.38. The second-order valence-electron chi connectivity index (χ2n) is 6.26. The van der Waals surface area contributed by atoms with Crippen LogP contribution in [0.2, 0.25) is 15.1 Å². The summed E-state index contributed by atoms with van der Waals surface area (Å²) in [5.74, 6) is 0.377. The Labute approximate surface area is 179 Å². The van der Waals surface area contributed by atoms with Gasteiger partial charge in [0.05, 0.1) is 15.6 Å². The Morgan fingerprint density at radius 1 is 1.07 bits per heavy atom. The highest BCUT2D eigenvalue weighted by Gasteiger charge is 2.32. The lowest BCUT2D eigenvalue weighted by molar-refractivity contribution is -0.138. The Morgan fingerprint density at radius 2 is 1.76 bits per heavy atom. The van der Waals surface area contributed by atoms with Crippen LogP contribution in [0.5, 0.6) is 5.75 Å². The van der Waals surface area contributed by atoms with Gasteiger partial charge < -0.3 is 14.5 Å². The molecule has 1 fully saturated rings. The first-order chi connectivity index (χ1) is 13.6. The van der Waals surface area contributed by atoms with E-state index in [1.54, 1.807) is 21.9 Å². The van der Waals surface area contributed by atoms with E-state index in [-0.39, 0.29) is 23.4 Å². The average Bonchev–Trinajstić information content (AvgIpc) is 2.66. The van der Waals surface area contributed by atoms with Crippen LogP contribution in [0.3, 0.4) is 0 Å². The molecule has 1 aliphatic heterocycles. The van der Waals surface area contributed by atoms with Crippen LogP contribution in [0.15, 0.2) is 30.5 Å². The summed E-state index contributed by atoms with van der Waals surface area (Å²) in [6, 6.07) is 5.55. The summed E-state index contributed by atoms with van der Waals surface area (Å²) in [4.78, 5) is 19.5. The Bertz CT molecular complexity index is 904. The molecule has 0 atom stereocenters. The number of hydrogen-bond acceptors (Lipinski definition) is 4. The van der Waals surface area contributed by atoms with Crippen molar-refractivity contribution in [1.82, 2.24) is 9.88 Å². The van der Waals surface area contributed by atoms with Gasteiger partial charge in [-0.1, -0.05) is 34.8 Å². The van der Waals surface area contributed by atoms with Gasteiger partial charge in [-0.3, -0.25) is 4.79 Å². The zero-order chi connectivity index (χ0) is 21.2. The van der Waals surface area contributed by atoms with Crippen molar-refractivity contribution in [1.29, 1.82) is 0 Å². The Hall–Kier alpha value is -1.90. The number of piperazine rings is 1. The molecule has 3 rings (SSSR count). The number of alkyl halides is 3. The summed E-state index contributed by atoms with van der Waals surface area (Å²) < 4.78 is 43.7. The molecule has 11 heteroatoms. The number of nitrogens with zero attached hydrogens (tertiary/aromatic N) is 3. The van der Waals surface area contributed by atoms with Crippen LogP contribution in [0.1, 0.15) is 5.56 Å². The molecule has 156 valence electrons. The van der Waals surface area contributed by atoms with E-state index in [1.807, 2.05) is 0 Å². The van der Waals surface area contributed by atoms with Crippen LogP contribution < -0.4 is 9.64 Å². The minimum atomic E-state index is -4.51. The molecule has 0 aliphatic carbocycles. The molecule has 0 N–H and O–H groups in total. The van der Waals surface area contributed by atoms with Gasteiger partial charge >= 0.3 is 6.18 Å². The standard InChI is InChI=1S/C18H15Cl3F3N3O2/c19-12-1-2-15(13(20)8-12)29-10-16(28)26-3-5-27(6-4-26)17-14(21)7-11(9-25-17)18(22,23)24/h1-2,7-9H,3-6,10H2. The third-order valence-corrected chi connectivity index (χ3v) is 5.13. The molecule has 0 radical (unpaired) electrons. The van der Waals surface area contributed by atoms with Crippen molar-refractivity contribution in [3.8, 4) is 5.75 Å². The van der Waals surface area contributed by atoms with E-state index in [0.29, 0.717) is 42.0 Å². The minimum Gasteiger partial charge on any atom is -0.482 e. The SMILES string of the molecule is O=C(COc1ccc(Cl)cc1Cl)N1CCN(c2ncc(C(F)(F)F)cc2Cl)CC1. The molecular weight excluding hydrogens is 454 g/mol. The summed E-state index contributed by atoms with van der Waals surface area (Å²) in [5.41, 5.74) is -0.905. The third-order valence-electron chi connectivity index (χ3n) is 4.33. The maximum Gasteiger partial charge on any atom is 0.417 e. The zero-order valence-electron chi connectivity index (χ0n) is 14.8. The van der Waals surface area contributed by atoms with Crippen molar-refractivity contribution >= 4 is 46.5 Å². The van der Waals surface area contributed by atoms with E-state index in [1.165, 1.54) is 6.07 Å². The van der Waals surface area contributed by atoms with Crippen molar-refractivity contribution < 1.29 is 22.7 Å². The molecule has 1 amide bonds. The number of hydrogen-bond donors (Lipinski definition) is 0. The van der Waals surface area contributed by atoms with Crippen molar-refractivity contribution in [3.63, 3.8) is 0 Å². The first kappa shape index (κ1) is 21.8. The molecule has 0 unspecified atom stereocenters. The largest absolute Gasteiger partial charge is 0.482 e. The summed E-state index contributed by atoms with van der Waals surface area (Å²) in [6.07, 6.45) is -3.75. The number of carbonyl (C=O) groups is 1. The molecular formula is C18H15Cl3F3N3O2. The van der Waals surface area contributed by atoms with E-state index >= 15 is 0 Å². The van der Waals surface area contributed by atoms with Crippen molar-refractivity contribution in [2.75, 3.05) is 37.7 Å². The van der Waals surface area contributed by atoms with Gasteiger partial charge in [0.25, 0.3) is 5.91 Å². The number of rotatable bonds is 4. The highest BCUT2D eigenvalue weighted by molar-refractivity contribution is 6.35. The number of aromatic nitrogens is 1. The molecule has 1 saturated heterocycles. The van der Waals surface area contributed by atoms with Gasteiger partial charge in [-0.15, -0.1) is 0 Å². The molecule has 1 aliphatic rings.